The van der Waals surface area contributed by atoms with Gasteiger partial charge in [0.05, 0.1) is 19.4 Å². The van der Waals surface area contributed by atoms with Crippen LogP contribution in [0.15, 0.2) is 82.6 Å². The van der Waals surface area contributed by atoms with Crippen LogP contribution < -0.4 is 5.32 Å². The lowest BCUT2D eigenvalue weighted by molar-refractivity contribution is 0.0948. The summed E-state index contributed by atoms with van der Waals surface area (Å²) >= 11 is 1.66. The Kier molecular flexibility index (Phi) is 6.07. The summed E-state index contributed by atoms with van der Waals surface area (Å²) in [7, 11) is 0. The molecular formula is C25H24N4O2S. The van der Waals surface area contributed by atoms with Gasteiger partial charge in [0, 0.05) is 17.2 Å². The molecule has 0 saturated heterocycles. The lowest BCUT2D eigenvalue weighted by Gasteiger charge is -2.10. The van der Waals surface area contributed by atoms with Crippen molar-refractivity contribution in [1.29, 1.82) is 0 Å². The average molecular weight is 445 g/mol. The number of carbonyl (C=O) groups excluding carboxylic acids is 1. The molecule has 7 heteroatoms. The fourth-order valence-electron chi connectivity index (χ4n) is 3.60. The van der Waals surface area contributed by atoms with E-state index in [0.717, 1.165) is 34.6 Å². The maximum atomic E-state index is 12.5. The van der Waals surface area contributed by atoms with Crippen molar-refractivity contribution in [1.82, 2.24) is 20.1 Å². The quantitative estimate of drug-likeness (QED) is 0.367. The Morgan fingerprint density at radius 2 is 1.88 bits per heavy atom. The Morgan fingerprint density at radius 1 is 1.03 bits per heavy atom. The van der Waals surface area contributed by atoms with Gasteiger partial charge in [0.25, 0.3) is 5.91 Å². The molecule has 1 N–H and O–H groups in total. The van der Waals surface area contributed by atoms with Crippen LogP contribution in [0.5, 0.6) is 0 Å². The highest BCUT2D eigenvalue weighted by molar-refractivity contribution is 7.98. The summed E-state index contributed by atoms with van der Waals surface area (Å²) in [4.78, 5) is 12.5. The first kappa shape index (κ1) is 20.6. The highest BCUT2D eigenvalue weighted by Crippen LogP contribution is 2.40. The van der Waals surface area contributed by atoms with Gasteiger partial charge in [-0.1, -0.05) is 54.2 Å². The fraction of sp³-hybridized carbons (Fsp3) is 0.240. The third-order valence-electron chi connectivity index (χ3n) is 5.43. The smallest absolute Gasteiger partial charge is 0.251 e. The van der Waals surface area contributed by atoms with Gasteiger partial charge in [-0.25, -0.2) is 0 Å². The molecule has 32 heavy (non-hydrogen) atoms. The molecule has 1 amide bonds. The highest BCUT2D eigenvalue weighted by Gasteiger charge is 2.30. The zero-order valence-electron chi connectivity index (χ0n) is 17.6. The number of thioether (sulfide) groups is 1. The molecule has 5 rings (SSSR count). The van der Waals surface area contributed by atoms with E-state index in [1.54, 1.807) is 18.0 Å². The van der Waals surface area contributed by atoms with Crippen LogP contribution in [0.3, 0.4) is 0 Å². The number of hydrogen-bond donors (Lipinski definition) is 1. The molecule has 1 saturated carbocycles. The Hall–Kier alpha value is -3.32. The van der Waals surface area contributed by atoms with Crippen molar-refractivity contribution in [2.45, 2.75) is 42.8 Å². The molecule has 2 heterocycles. The van der Waals surface area contributed by atoms with Crippen molar-refractivity contribution in [2.24, 2.45) is 0 Å². The van der Waals surface area contributed by atoms with Gasteiger partial charge in [-0.15, -0.1) is 10.2 Å². The number of hydrogen-bond acceptors (Lipinski definition) is 5. The molecule has 0 spiro atoms. The van der Waals surface area contributed by atoms with E-state index in [0.29, 0.717) is 18.0 Å². The van der Waals surface area contributed by atoms with Gasteiger partial charge in [-0.3, -0.25) is 4.79 Å². The van der Waals surface area contributed by atoms with Crippen LogP contribution in [0.2, 0.25) is 0 Å². The summed E-state index contributed by atoms with van der Waals surface area (Å²) in [5, 5.41) is 12.8. The second kappa shape index (κ2) is 9.44. The van der Waals surface area contributed by atoms with E-state index in [1.165, 1.54) is 18.4 Å². The molecular weight excluding hydrogens is 420 g/mol. The minimum atomic E-state index is -0.114. The number of benzene rings is 2. The fourth-order valence-corrected chi connectivity index (χ4v) is 4.49. The third kappa shape index (κ3) is 4.94. The number of aromatic nitrogens is 3. The first-order valence-corrected chi connectivity index (χ1v) is 11.7. The SMILES string of the molecule is O=C(NCc1ccco1)c1cccc(CSc2nnc(C3CC3)n2Cc2ccccc2)c1. The summed E-state index contributed by atoms with van der Waals surface area (Å²) in [5.74, 6) is 2.95. The molecule has 2 aromatic carbocycles. The van der Waals surface area contributed by atoms with E-state index in [-0.39, 0.29) is 5.91 Å². The Bertz CT molecular complexity index is 1180. The van der Waals surface area contributed by atoms with E-state index in [9.17, 15) is 4.79 Å². The molecule has 0 bridgehead atoms. The number of rotatable bonds is 9. The zero-order valence-corrected chi connectivity index (χ0v) is 18.4. The van der Waals surface area contributed by atoms with Crippen LogP contribution in [0.1, 0.15) is 51.8 Å². The van der Waals surface area contributed by atoms with Crippen LogP contribution >= 0.6 is 11.8 Å². The maximum Gasteiger partial charge on any atom is 0.251 e. The van der Waals surface area contributed by atoms with Gasteiger partial charge >= 0.3 is 0 Å². The maximum absolute atomic E-state index is 12.5. The standard InChI is InChI=1S/C25H24N4O2S/c30-24(26-15-22-10-5-13-31-22)21-9-4-8-19(14-21)17-32-25-28-27-23(20-11-12-20)29(25)16-18-6-2-1-3-7-18/h1-10,13-14,20H,11-12,15-17H2,(H,26,30). The lowest BCUT2D eigenvalue weighted by atomic mass is 10.1. The Labute approximate surface area is 191 Å². The molecule has 0 radical (unpaired) electrons. The third-order valence-corrected chi connectivity index (χ3v) is 6.47. The first-order valence-electron chi connectivity index (χ1n) is 10.8. The molecule has 6 nitrogen and oxygen atoms in total. The highest BCUT2D eigenvalue weighted by atomic mass is 32.2. The second-order valence-corrected chi connectivity index (χ2v) is 8.88. The van der Waals surface area contributed by atoms with Crippen molar-refractivity contribution in [3.05, 3.63) is 101 Å². The van der Waals surface area contributed by atoms with Crippen molar-refractivity contribution >= 4 is 17.7 Å². The van der Waals surface area contributed by atoms with Crippen LogP contribution in [0.25, 0.3) is 0 Å². The van der Waals surface area contributed by atoms with Gasteiger partial charge in [0.15, 0.2) is 5.16 Å². The van der Waals surface area contributed by atoms with Gasteiger partial charge in [0.2, 0.25) is 0 Å². The minimum absolute atomic E-state index is 0.114. The predicted octanol–water partition coefficient (Wildman–Crippen LogP) is 5.02. The van der Waals surface area contributed by atoms with Crippen molar-refractivity contribution < 1.29 is 9.21 Å². The van der Waals surface area contributed by atoms with Crippen LogP contribution in [0, 0.1) is 0 Å². The molecule has 162 valence electrons. The number of amides is 1. The normalized spacial score (nSPS) is 13.2. The molecule has 0 aliphatic heterocycles. The van der Waals surface area contributed by atoms with Gasteiger partial charge in [-0.2, -0.15) is 0 Å². The largest absolute Gasteiger partial charge is 0.467 e. The average Bonchev–Trinajstić information content (AvgIpc) is 3.38. The van der Waals surface area contributed by atoms with Crippen molar-refractivity contribution in [2.75, 3.05) is 0 Å². The summed E-state index contributed by atoms with van der Waals surface area (Å²) < 4.78 is 7.52. The van der Waals surface area contributed by atoms with Crippen molar-refractivity contribution in [3.63, 3.8) is 0 Å². The van der Waals surface area contributed by atoms with Gasteiger partial charge in [-0.05, 0) is 48.2 Å². The number of furan rings is 1. The van der Waals surface area contributed by atoms with E-state index in [1.807, 2.05) is 42.5 Å². The molecule has 0 unspecified atom stereocenters. The van der Waals surface area contributed by atoms with E-state index in [4.69, 9.17) is 4.42 Å². The van der Waals surface area contributed by atoms with E-state index < -0.39 is 0 Å². The Balaban J connectivity index is 1.26. The van der Waals surface area contributed by atoms with Crippen LogP contribution in [0.4, 0.5) is 0 Å². The molecule has 2 aromatic heterocycles. The van der Waals surface area contributed by atoms with E-state index in [2.05, 4.69) is 44.3 Å². The van der Waals surface area contributed by atoms with Crippen LogP contribution in [-0.2, 0) is 18.8 Å². The summed E-state index contributed by atoms with van der Waals surface area (Å²) in [6, 6.07) is 21.8. The monoisotopic (exact) mass is 444 g/mol. The molecule has 1 fully saturated rings. The molecule has 0 atom stereocenters. The van der Waals surface area contributed by atoms with Gasteiger partial charge in [0.1, 0.15) is 11.6 Å². The van der Waals surface area contributed by atoms with E-state index >= 15 is 0 Å². The summed E-state index contributed by atoms with van der Waals surface area (Å²) in [6.07, 6.45) is 3.98. The number of carbonyl (C=O) groups is 1. The second-order valence-electron chi connectivity index (χ2n) is 7.94. The predicted molar refractivity (Wildman–Crippen MR) is 123 cm³/mol. The van der Waals surface area contributed by atoms with Crippen molar-refractivity contribution in [3.8, 4) is 0 Å². The topological polar surface area (TPSA) is 73.0 Å². The summed E-state index contributed by atoms with van der Waals surface area (Å²) in [5.41, 5.74) is 2.95. The zero-order chi connectivity index (χ0) is 21.8. The minimum Gasteiger partial charge on any atom is -0.467 e. The summed E-state index contributed by atoms with van der Waals surface area (Å²) in [6.45, 7) is 1.15. The Morgan fingerprint density at radius 3 is 2.66 bits per heavy atom. The van der Waals surface area contributed by atoms with Crippen LogP contribution in [-0.4, -0.2) is 20.7 Å². The molecule has 1 aliphatic rings. The lowest BCUT2D eigenvalue weighted by Crippen LogP contribution is -2.22. The van der Waals surface area contributed by atoms with Gasteiger partial charge < -0.3 is 14.3 Å². The number of nitrogens with zero attached hydrogens (tertiary/aromatic N) is 3. The molecule has 1 aliphatic carbocycles. The molecule has 4 aromatic rings. The number of nitrogens with one attached hydrogen (secondary N) is 1. The first-order chi connectivity index (χ1) is 15.8.